The van der Waals surface area contributed by atoms with E-state index in [4.69, 9.17) is 0 Å². The number of rotatable bonds is 3. The van der Waals surface area contributed by atoms with Crippen LogP contribution in [0.5, 0.6) is 0 Å². The normalized spacial score (nSPS) is 10.8. The zero-order valence-corrected chi connectivity index (χ0v) is 10.7. The van der Waals surface area contributed by atoms with Crippen molar-refractivity contribution in [2.45, 2.75) is 46.7 Å². The van der Waals surface area contributed by atoms with E-state index in [1.54, 1.807) is 0 Å². The van der Waals surface area contributed by atoms with Gasteiger partial charge in [0.05, 0.1) is 0 Å². The Morgan fingerprint density at radius 1 is 1.00 bits per heavy atom. The van der Waals surface area contributed by atoms with Crippen molar-refractivity contribution >= 4 is 0 Å². The quantitative estimate of drug-likeness (QED) is 0.701. The predicted octanol–water partition coefficient (Wildman–Crippen LogP) is 2.12. The Bertz CT molecular complexity index is 63.7. The smallest absolute Gasteiger partial charge is 0.00411 e. The van der Waals surface area contributed by atoms with Gasteiger partial charge in [0.1, 0.15) is 0 Å². The Hall–Kier alpha value is 1.06. The Balaban J connectivity index is 0. The molecule has 0 atom stereocenters. The van der Waals surface area contributed by atoms with Gasteiger partial charge in [0.25, 0.3) is 0 Å². The van der Waals surface area contributed by atoms with Gasteiger partial charge in [0.15, 0.2) is 0 Å². The third kappa shape index (κ3) is 4.81. The first kappa shape index (κ1) is 13.6. The molecule has 0 aliphatic rings. The van der Waals surface area contributed by atoms with Crippen LogP contribution < -0.4 is 0 Å². The molecule has 0 saturated carbocycles. The van der Waals surface area contributed by atoms with Gasteiger partial charge < -0.3 is 0 Å². The van der Waals surface area contributed by atoms with Crippen LogP contribution in [0.4, 0.5) is 0 Å². The third-order valence-corrected chi connectivity index (χ3v) is 1.69. The van der Waals surface area contributed by atoms with Crippen LogP contribution in [0.3, 0.4) is 0 Å². The molecule has 2 heteroatoms. The van der Waals surface area contributed by atoms with E-state index in [9.17, 15) is 0 Å². The van der Waals surface area contributed by atoms with Crippen molar-refractivity contribution in [3.05, 3.63) is 0 Å². The molecular formula is C8H19NY. The molecule has 0 aromatic rings. The van der Waals surface area contributed by atoms with E-state index in [1.807, 2.05) is 0 Å². The van der Waals surface area contributed by atoms with Gasteiger partial charge in [-0.2, -0.15) is 0 Å². The van der Waals surface area contributed by atoms with Crippen molar-refractivity contribution in [3.63, 3.8) is 0 Å². The van der Waals surface area contributed by atoms with E-state index in [2.05, 4.69) is 39.5 Å². The average molecular weight is 218 g/mol. The molecule has 10 heavy (non-hydrogen) atoms. The summed E-state index contributed by atoms with van der Waals surface area (Å²) in [6.45, 7) is 12.3. The summed E-state index contributed by atoms with van der Waals surface area (Å²) in [6.07, 6.45) is 0. The fraction of sp³-hybridized carbons (Fsp3) is 1.00. The van der Waals surface area contributed by atoms with Gasteiger partial charge in [-0.3, -0.25) is 4.90 Å². The van der Waals surface area contributed by atoms with E-state index >= 15 is 0 Å². The predicted molar refractivity (Wildman–Crippen MR) is 42.7 cm³/mol. The second-order valence-electron chi connectivity index (χ2n) is 3.02. The number of hydrogen-bond acceptors (Lipinski definition) is 1. The van der Waals surface area contributed by atoms with Crippen molar-refractivity contribution in [1.82, 2.24) is 4.90 Å². The fourth-order valence-electron chi connectivity index (χ4n) is 1.33. The van der Waals surface area contributed by atoms with E-state index < -0.39 is 0 Å². The summed E-state index contributed by atoms with van der Waals surface area (Å²) in [5.41, 5.74) is 0. The minimum atomic E-state index is 0. The molecule has 1 nitrogen and oxygen atoms in total. The molecule has 0 fully saturated rings. The van der Waals surface area contributed by atoms with Crippen molar-refractivity contribution in [2.24, 2.45) is 0 Å². The van der Waals surface area contributed by atoms with Gasteiger partial charge in [-0.25, -0.2) is 0 Å². The molecule has 0 spiro atoms. The monoisotopic (exact) mass is 218 g/mol. The SMILES string of the molecule is CCN(C(C)C)C(C)C.[Y]. The van der Waals surface area contributed by atoms with Crippen LogP contribution in [-0.2, 0) is 32.7 Å². The Morgan fingerprint density at radius 3 is 1.30 bits per heavy atom. The molecule has 0 heterocycles. The molecule has 1 radical (unpaired) electrons. The standard InChI is InChI=1S/C8H19N.Y/c1-6-9(7(2)3)8(4)5;/h7-8H,6H2,1-5H3;. The van der Waals surface area contributed by atoms with E-state index in [1.165, 1.54) is 0 Å². The molecule has 0 aliphatic carbocycles. The van der Waals surface area contributed by atoms with Crippen LogP contribution in [0.2, 0.25) is 0 Å². The second kappa shape index (κ2) is 6.75. The van der Waals surface area contributed by atoms with E-state index in [0.29, 0.717) is 12.1 Å². The van der Waals surface area contributed by atoms with Gasteiger partial charge in [0.2, 0.25) is 0 Å². The summed E-state index contributed by atoms with van der Waals surface area (Å²) < 4.78 is 0. The van der Waals surface area contributed by atoms with Crippen LogP contribution in [0.1, 0.15) is 34.6 Å². The van der Waals surface area contributed by atoms with Crippen molar-refractivity contribution < 1.29 is 32.7 Å². The van der Waals surface area contributed by atoms with Gasteiger partial charge >= 0.3 is 0 Å². The van der Waals surface area contributed by atoms with E-state index in [-0.39, 0.29) is 32.7 Å². The maximum absolute atomic E-state index is 2.46. The van der Waals surface area contributed by atoms with Crippen LogP contribution in [-0.4, -0.2) is 23.5 Å². The maximum atomic E-state index is 2.46. The zero-order valence-electron chi connectivity index (χ0n) is 7.89. The largest absolute Gasteiger partial charge is 0.299 e. The van der Waals surface area contributed by atoms with Crippen LogP contribution in [0.25, 0.3) is 0 Å². The molecule has 0 unspecified atom stereocenters. The molecule has 0 saturated heterocycles. The minimum Gasteiger partial charge on any atom is -0.299 e. The van der Waals surface area contributed by atoms with Gasteiger partial charge in [-0.1, -0.05) is 6.92 Å². The first-order chi connectivity index (χ1) is 4.09. The minimum absolute atomic E-state index is 0. The molecule has 0 N–H and O–H groups in total. The van der Waals surface area contributed by atoms with Crippen molar-refractivity contribution in [3.8, 4) is 0 Å². The Morgan fingerprint density at radius 2 is 1.30 bits per heavy atom. The van der Waals surface area contributed by atoms with Crippen molar-refractivity contribution in [2.75, 3.05) is 6.54 Å². The van der Waals surface area contributed by atoms with Crippen LogP contribution in [0.15, 0.2) is 0 Å². The number of nitrogens with zero attached hydrogens (tertiary/aromatic N) is 1. The molecule has 0 aromatic carbocycles. The fourth-order valence-corrected chi connectivity index (χ4v) is 1.33. The Kier molecular flexibility index (Phi) is 9.21. The molecule has 0 aromatic heterocycles. The summed E-state index contributed by atoms with van der Waals surface area (Å²) in [7, 11) is 0. The first-order valence-electron chi connectivity index (χ1n) is 3.85. The molecule has 0 aliphatic heterocycles. The van der Waals surface area contributed by atoms with Crippen molar-refractivity contribution in [1.29, 1.82) is 0 Å². The molecular weight excluding hydrogens is 199 g/mol. The van der Waals surface area contributed by atoms with E-state index in [0.717, 1.165) is 6.54 Å². The molecule has 0 rings (SSSR count). The van der Waals surface area contributed by atoms with Crippen LogP contribution >= 0.6 is 0 Å². The number of hydrogen-bond donors (Lipinski definition) is 0. The summed E-state index contributed by atoms with van der Waals surface area (Å²) >= 11 is 0. The summed E-state index contributed by atoms with van der Waals surface area (Å²) in [5.74, 6) is 0. The maximum Gasteiger partial charge on any atom is 0.00411 e. The van der Waals surface area contributed by atoms with Gasteiger partial charge in [-0.15, -0.1) is 0 Å². The first-order valence-corrected chi connectivity index (χ1v) is 3.85. The van der Waals surface area contributed by atoms with Crippen LogP contribution in [0, 0.1) is 0 Å². The topological polar surface area (TPSA) is 3.24 Å². The second-order valence-corrected chi connectivity index (χ2v) is 3.02. The molecule has 59 valence electrons. The Labute approximate surface area is 90.4 Å². The third-order valence-electron chi connectivity index (χ3n) is 1.69. The summed E-state index contributed by atoms with van der Waals surface area (Å²) in [4.78, 5) is 2.46. The molecule has 0 amide bonds. The molecule has 0 bridgehead atoms. The zero-order chi connectivity index (χ0) is 7.44. The van der Waals surface area contributed by atoms with Gasteiger partial charge in [0, 0.05) is 44.8 Å². The van der Waals surface area contributed by atoms with Gasteiger partial charge in [-0.05, 0) is 34.2 Å². The summed E-state index contributed by atoms with van der Waals surface area (Å²) in [5, 5.41) is 0. The summed E-state index contributed by atoms with van der Waals surface area (Å²) in [6, 6.07) is 1.38. The average Bonchev–Trinajstić information content (AvgIpc) is 1.64.